The van der Waals surface area contributed by atoms with Gasteiger partial charge in [0.1, 0.15) is 5.82 Å². The van der Waals surface area contributed by atoms with E-state index in [2.05, 4.69) is 29.7 Å². The molecule has 0 spiro atoms. The van der Waals surface area contributed by atoms with Gasteiger partial charge >= 0.3 is 0 Å². The smallest absolute Gasteiger partial charge is 0.109 e. The molecule has 1 aromatic carbocycles. The van der Waals surface area contributed by atoms with E-state index in [4.69, 9.17) is 22.9 Å². The fourth-order valence-corrected chi connectivity index (χ4v) is 3.15. The summed E-state index contributed by atoms with van der Waals surface area (Å²) in [5.74, 6) is 1.16. The number of aryl methyl sites for hydroxylation is 1. The van der Waals surface area contributed by atoms with Crippen LogP contribution in [0.1, 0.15) is 32.0 Å². The lowest BCUT2D eigenvalue weighted by Gasteiger charge is -2.17. The molecule has 2 aromatic rings. The number of nitrogens with two attached hydrogens (primary N) is 1. The summed E-state index contributed by atoms with van der Waals surface area (Å²) in [4.78, 5) is 5.36. The Morgan fingerprint density at radius 1 is 1.42 bits per heavy atom. The van der Waals surface area contributed by atoms with Crippen LogP contribution in [0.4, 0.5) is 0 Å². The van der Waals surface area contributed by atoms with Gasteiger partial charge in [0, 0.05) is 19.4 Å². The summed E-state index contributed by atoms with van der Waals surface area (Å²) in [5.41, 5.74) is 8.35. The first-order chi connectivity index (χ1) is 9.13. The lowest BCUT2D eigenvalue weighted by molar-refractivity contribution is 0.437. The minimum atomic E-state index is 0.291. The van der Waals surface area contributed by atoms with E-state index in [-0.39, 0.29) is 0 Å². The third kappa shape index (κ3) is 2.37. The molecule has 1 fully saturated rings. The number of thiocarbonyl (C=S) groups is 1. The molecule has 0 radical (unpaired) electrons. The predicted molar refractivity (Wildman–Crippen MR) is 82.2 cm³/mol. The second kappa shape index (κ2) is 4.60. The molecule has 0 atom stereocenters. The van der Waals surface area contributed by atoms with Crippen LogP contribution in [0.2, 0.25) is 0 Å². The van der Waals surface area contributed by atoms with E-state index < -0.39 is 0 Å². The van der Waals surface area contributed by atoms with Crippen molar-refractivity contribution in [3.63, 3.8) is 0 Å². The van der Waals surface area contributed by atoms with Crippen LogP contribution in [-0.2, 0) is 13.0 Å². The van der Waals surface area contributed by atoms with Crippen LogP contribution in [0, 0.1) is 5.41 Å². The predicted octanol–water partition coefficient (Wildman–Crippen LogP) is 3.06. The van der Waals surface area contributed by atoms with Crippen LogP contribution in [0.15, 0.2) is 24.3 Å². The second-order valence-corrected chi connectivity index (χ2v) is 6.12. The Labute approximate surface area is 118 Å². The second-order valence-electron chi connectivity index (χ2n) is 5.60. The van der Waals surface area contributed by atoms with Gasteiger partial charge in [0.2, 0.25) is 0 Å². The van der Waals surface area contributed by atoms with Gasteiger partial charge in [0.05, 0.1) is 16.0 Å². The van der Waals surface area contributed by atoms with E-state index in [1.54, 1.807) is 0 Å². The van der Waals surface area contributed by atoms with Crippen molar-refractivity contribution in [3.8, 4) is 0 Å². The molecule has 3 rings (SSSR count). The largest absolute Gasteiger partial charge is 0.393 e. The van der Waals surface area contributed by atoms with Gasteiger partial charge in [-0.15, -0.1) is 0 Å². The summed E-state index contributed by atoms with van der Waals surface area (Å²) in [6.45, 7) is 3.15. The summed E-state index contributed by atoms with van der Waals surface area (Å²) in [7, 11) is 0. The molecule has 0 amide bonds. The van der Waals surface area contributed by atoms with Crippen LogP contribution in [0.5, 0.6) is 0 Å². The van der Waals surface area contributed by atoms with E-state index in [0.29, 0.717) is 10.4 Å². The highest BCUT2D eigenvalue weighted by molar-refractivity contribution is 7.80. The highest BCUT2D eigenvalue weighted by Gasteiger charge is 2.43. The van der Waals surface area contributed by atoms with Gasteiger partial charge in [-0.1, -0.05) is 31.3 Å². The zero-order valence-electron chi connectivity index (χ0n) is 11.2. The minimum absolute atomic E-state index is 0.291. The van der Waals surface area contributed by atoms with Crippen molar-refractivity contribution in [2.75, 3.05) is 0 Å². The fourth-order valence-electron chi connectivity index (χ4n) is 2.84. The van der Waals surface area contributed by atoms with Crippen LogP contribution in [0.3, 0.4) is 0 Å². The lowest BCUT2D eigenvalue weighted by atomic mass is 10.0. The third-order valence-corrected chi connectivity index (χ3v) is 4.19. The van der Waals surface area contributed by atoms with Gasteiger partial charge in [0.25, 0.3) is 0 Å². The summed E-state index contributed by atoms with van der Waals surface area (Å²) < 4.78 is 2.36. The molecule has 1 saturated carbocycles. The Morgan fingerprint density at radius 3 is 2.79 bits per heavy atom. The molecule has 1 heterocycles. The number of rotatable bonds is 5. The Balaban J connectivity index is 1.98. The molecule has 3 nitrogen and oxygen atoms in total. The van der Waals surface area contributed by atoms with Crippen molar-refractivity contribution >= 4 is 28.2 Å². The summed E-state index contributed by atoms with van der Waals surface area (Å²) in [6, 6.07) is 8.35. The van der Waals surface area contributed by atoms with E-state index >= 15 is 0 Å². The molecule has 1 aliphatic rings. The fraction of sp³-hybridized carbons (Fsp3) is 0.467. The normalized spacial score (nSPS) is 16.7. The molecule has 0 aliphatic heterocycles. The molecule has 1 aromatic heterocycles. The van der Waals surface area contributed by atoms with Crippen LogP contribution < -0.4 is 5.73 Å². The van der Waals surface area contributed by atoms with E-state index in [1.807, 2.05) is 6.07 Å². The average molecular weight is 273 g/mol. The van der Waals surface area contributed by atoms with Crippen LogP contribution >= 0.6 is 12.2 Å². The Hall–Kier alpha value is -1.42. The standard InChI is InChI=1S/C15H19N3S/c1-2-14-17-11-5-3-4-6-12(11)18(14)10-15(7-8-15)9-13(16)19/h3-6H,2,7-10H2,1H3,(H2,16,19). The summed E-state index contributed by atoms with van der Waals surface area (Å²) in [6.07, 6.45) is 4.26. The van der Waals surface area contributed by atoms with Gasteiger partial charge in [-0.25, -0.2) is 4.98 Å². The number of aromatic nitrogens is 2. The monoisotopic (exact) mass is 273 g/mol. The zero-order chi connectivity index (χ0) is 13.5. The van der Waals surface area contributed by atoms with Gasteiger partial charge in [-0.05, 0) is 30.4 Å². The first-order valence-corrected chi connectivity index (χ1v) is 7.27. The number of imidazole rings is 1. The van der Waals surface area contributed by atoms with Crippen molar-refractivity contribution in [2.24, 2.45) is 11.1 Å². The molecule has 4 heteroatoms. The molecular formula is C15H19N3S. The van der Waals surface area contributed by atoms with Gasteiger partial charge in [-0.2, -0.15) is 0 Å². The first kappa shape index (κ1) is 12.6. The topological polar surface area (TPSA) is 43.8 Å². The molecule has 0 bridgehead atoms. The highest BCUT2D eigenvalue weighted by atomic mass is 32.1. The molecule has 2 N–H and O–H groups in total. The van der Waals surface area contributed by atoms with Crippen molar-refractivity contribution < 1.29 is 0 Å². The Kier molecular flexibility index (Phi) is 3.05. The van der Waals surface area contributed by atoms with Gasteiger partial charge < -0.3 is 10.3 Å². The number of hydrogen-bond acceptors (Lipinski definition) is 2. The number of para-hydroxylation sites is 2. The lowest BCUT2D eigenvalue weighted by Crippen LogP contribution is -2.20. The number of nitrogens with zero attached hydrogens (tertiary/aromatic N) is 2. The Bertz CT molecular complexity index is 625. The molecule has 19 heavy (non-hydrogen) atoms. The number of benzene rings is 1. The maximum atomic E-state index is 5.74. The zero-order valence-corrected chi connectivity index (χ0v) is 12.0. The molecule has 1 aliphatic carbocycles. The number of hydrogen-bond donors (Lipinski definition) is 1. The molecule has 100 valence electrons. The maximum Gasteiger partial charge on any atom is 0.109 e. The van der Waals surface area contributed by atoms with E-state index in [9.17, 15) is 0 Å². The van der Waals surface area contributed by atoms with Gasteiger partial charge in [0.15, 0.2) is 0 Å². The van der Waals surface area contributed by atoms with Crippen molar-refractivity contribution in [3.05, 3.63) is 30.1 Å². The van der Waals surface area contributed by atoms with Crippen LogP contribution in [-0.4, -0.2) is 14.5 Å². The Morgan fingerprint density at radius 2 is 2.16 bits per heavy atom. The van der Waals surface area contributed by atoms with Crippen molar-refractivity contribution in [1.82, 2.24) is 9.55 Å². The molecule has 0 unspecified atom stereocenters. The highest BCUT2D eigenvalue weighted by Crippen LogP contribution is 2.50. The van der Waals surface area contributed by atoms with Crippen LogP contribution in [0.25, 0.3) is 11.0 Å². The number of fused-ring (bicyclic) bond motifs is 1. The van der Waals surface area contributed by atoms with Gasteiger partial charge in [-0.3, -0.25) is 0 Å². The SMILES string of the molecule is CCc1nc2ccccc2n1CC1(CC(N)=S)CC1. The quantitative estimate of drug-likeness (QED) is 0.852. The van der Waals surface area contributed by atoms with Crippen molar-refractivity contribution in [2.45, 2.75) is 39.2 Å². The van der Waals surface area contributed by atoms with E-state index in [0.717, 1.165) is 30.7 Å². The minimum Gasteiger partial charge on any atom is -0.393 e. The third-order valence-electron chi connectivity index (χ3n) is 4.05. The first-order valence-electron chi connectivity index (χ1n) is 6.86. The molecular weight excluding hydrogens is 254 g/mol. The summed E-state index contributed by atoms with van der Waals surface area (Å²) in [5, 5.41) is 0. The van der Waals surface area contributed by atoms with Crippen molar-refractivity contribution in [1.29, 1.82) is 0 Å². The average Bonchev–Trinajstić information content (AvgIpc) is 3.03. The van der Waals surface area contributed by atoms with E-state index in [1.165, 1.54) is 18.4 Å². The molecule has 0 saturated heterocycles. The maximum absolute atomic E-state index is 5.74. The summed E-state index contributed by atoms with van der Waals surface area (Å²) >= 11 is 5.09.